The van der Waals surface area contributed by atoms with E-state index < -0.39 is 6.03 Å². The Morgan fingerprint density at radius 1 is 0.824 bits per heavy atom. The van der Waals surface area contributed by atoms with Crippen LogP contribution in [0.5, 0.6) is 17.2 Å². The number of anilines is 2. The summed E-state index contributed by atoms with van der Waals surface area (Å²) in [6, 6.07) is 23.9. The van der Waals surface area contributed by atoms with Crippen molar-refractivity contribution in [3.8, 4) is 17.2 Å². The molecule has 3 aromatic rings. The Morgan fingerprint density at radius 3 is 2.29 bits per heavy atom. The van der Waals surface area contributed by atoms with E-state index in [1.807, 2.05) is 60.7 Å². The standard InChI is InChI=1S/C25H26N4O3S2/c30-24(29-34)28-22-11-5-6-12-23(22)31-18-8-2-7-17-26-25(33)27-19-13-15-21(16-14-19)32-20-9-3-1-4-10-20/h1,3-6,9-16H,2,7-8,17-18H2,(H,28,30)(H2,26,27,33). The van der Waals surface area contributed by atoms with Gasteiger partial charge in [-0.05, 0) is 80.0 Å². The van der Waals surface area contributed by atoms with Crippen molar-refractivity contribution in [3.63, 3.8) is 0 Å². The third-order valence-electron chi connectivity index (χ3n) is 4.67. The molecule has 0 aliphatic rings. The molecule has 0 aromatic heterocycles. The molecule has 0 bridgehead atoms. The van der Waals surface area contributed by atoms with E-state index in [4.69, 9.17) is 21.7 Å². The molecule has 7 nitrogen and oxygen atoms in total. The number of ether oxygens (including phenoxy) is 2. The summed E-state index contributed by atoms with van der Waals surface area (Å²) in [7, 11) is 0. The molecule has 0 aliphatic carbocycles. The largest absolute Gasteiger partial charge is 0.491 e. The molecule has 3 N–H and O–H groups in total. The number of hydrogen-bond acceptors (Lipinski definition) is 5. The molecule has 34 heavy (non-hydrogen) atoms. The number of para-hydroxylation sites is 3. The zero-order valence-corrected chi connectivity index (χ0v) is 20.2. The molecule has 9 heteroatoms. The van der Waals surface area contributed by atoms with E-state index in [2.05, 4.69) is 32.7 Å². The van der Waals surface area contributed by atoms with Crippen molar-refractivity contribution in [2.45, 2.75) is 19.3 Å². The van der Waals surface area contributed by atoms with Crippen molar-refractivity contribution in [2.24, 2.45) is 4.36 Å². The number of rotatable bonds is 11. The van der Waals surface area contributed by atoms with Crippen molar-refractivity contribution in [2.75, 3.05) is 23.8 Å². The molecular formula is C25H26N4O3S2. The number of unbranched alkanes of at least 4 members (excludes halogenated alkanes) is 2. The highest BCUT2D eigenvalue weighted by Gasteiger charge is 2.06. The normalized spacial score (nSPS) is 10.1. The maximum Gasteiger partial charge on any atom is 0.356 e. The molecule has 0 heterocycles. The topological polar surface area (TPSA) is 84.0 Å². The molecule has 0 saturated heterocycles. The lowest BCUT2D eigenvalue weighted by atomic mass is 10.2. The summed E-state index contributed by atoms with van der Waals surface area (Å²) in [4.78, 5) is 11.4. The summed E-state index contributed by atoms with van der Waals surface area (Å²) in [5.41, 5.74) is 1.44. The molecular weight excluding hydrogens is 468 g/mol. The van der Waals surface area contributed by atoms with Crippen LogP contribution in [0.1, 0.15) is 19.3 Å². The van der Waals surface area contributed by atoms with Crippen LogP contribution in [-0.2, 0) is 12.4 Å². The molecule has 0 aliphatic heterocycles. The molecule has 176 valence electrons. The van der Waals surface area contributed by atoms with Crippen LogP contribution in [0.3, 0.4) is 0 Å². The lowest BCUT2D eigenvalue weighted by molar-refractivity contribution is 0.259. The molecule has 0 saturated carbocycles. The second kappa shape index (κ2) is 13.9. The van der Waals surface area contributed by atoms with Gasteiger partial charge in [-0.25, -0.2) is 4.79 Å². The molecule has 0 unspecified atom stereocenters. The molecule has 2 amide bonds. The van der Waals surface area contributed by atoms with E-state index in [1.54, 1.807) is 18.2 Å². The lowest BCUT2D eigenvalue weighted by Gasteiger charge is -2.12. The summed E-state index contributed by atoms with van der Waals surface area (Å²) < 4.78 is 14.7. The minimum Gasteiger partial charge on any atom is -0.491 e. The van der Waals surface area contributed by atoms with Crippen LogP contribution in [-0.4, -0.2) is 24.3 Å². The van der Waals surface area contributed by atoms with Crippen LogP contribution < -0.4 is 25.4 Å². The van der Waals surface area contributed by atoms with Gasteiger partial charge in [-0.3, -0.25) is 0 Å². The van der Waals surface area contributed by atoms with E-state index in [-0.39, 0.29) is 0 Å². The zero-order chi connectivity index (χ0) is 24.0. The van der Waals surface area contributed by atoms with Crippen LogP contribution in [0.4, 0.5) is 16.2 Å². The van der Waals surface area contributed by atoms with Gasteiger partial charge < -0.3 is 25.4 Å². The Morgan fingerprint density at radius 2 is 1.53 bits per heavy atom. The van der Waals surface area contributed by atoms with Crippen molar-refractivity contribution in [3.05, 3.63) is 78.9 Å². The quantitative estimate of drug-likeness (QED) is 0.214. The van der Waals surface area contributed by atoms with E-state index in [0.717, 1.165) is 43.0 Å². The van der Waals surface area contributed by atoms with Gasteiger partial charge in [0.1, 0.15) is 17.2 Å². The smallest absolute Gasteiger partial charge is 0.356 e. The first-order chi connectivity index (χ1) is 16.6. The number of amides is 2. The van der Waals surface area contributed by atoms with Crippen LogP contribution in [0, 0.1) is 0 Å². The fraction of sp³-hybridized carbons (Fsp3) is 0.200. The van der Waals surface area contributed by atoms with Gasteiger partial charge in [0.2, 0.25) is 0 Å². The number of carbonyl (C=O) groups is 1. The van der Waals surface area contributed by atoms with Crippen LogP contribution in [0.15, 0.2) is 83.2 Å². The summed E-state index contributed by atoms with van der Waals surface area (Å²) in [5, 5.41) is 9.55. The Hall–Kier alpha value is -3.56. The number of nitrogens with zero attached hydrogens (tertiary/aromatic N) is 1. The highest BCUT2D eigenvalue weighted by atomic mass is 32.1. The van der Waals surface area contributed by atoms with Gasteiger partial charge in [-0.1, -0.05) is 30.3 Å². The SMILES string of the molecule is O=C(N=S)Nc1ccccc1OCCCCCNC(=S)Nc1ccc(Oc2ccccc2)cc1. The Kier molecular flexibility index (Phi) is 10.2. The van der Waals surface area contributed by atoms with Crippen molar-refractivity contribution in [1.29, 1.82) is 0 Å². The van der Waals surface area contributed by atoms with E-state index in [1.165, 1.54) is 0 Å². The maximum absolute atomic E-state index is 11.4. The van der Waals surface area contributed by atoms with Crippen molar-refractivity contribution in [1.82, 2.24) is 5.32 Å². The second-order valence-electron chi connectivity index (χ2n) is 7.25. The third kappa shape index (κ3) is 8.76. The van der Waals surface area contributed by atoms with Gasteiger partial charge in [0, 0.05) is 24.7 Å². The van der Waals surface area contributed by atoms with Crippen LogP contribution >= 0.6 is 12.2 Å². The summed E-state index contributed by atoms with van der Waals surface area (Å²) in [5.74, 6) is 2.15. The van der Waals surface area contributed by atoms with Gasteiger partial charge in [0.25, 0.3) is 0 Å². The fourth-order valence-electron chi connectivity index (χ4n) is 3.03. The number of carbonyl (C=O) groups excluding carboxylic acids is 1. The molecule has 0 spiro atoms. The first-order valence-corrected chi connectivity index (χ1v) is 11.7. The number of urea groups is 1. The average Bonchev–Trinajstić information content (AvgIpc) is 2.86. The van der Waals surface area contributed by atoms with Gasteiger partial charge in [-0.2, -0.15) is 0 Å². The van der Waals surface area contributed by atoms with Gasteiger partial charge in [-0.15, -0.1) is 4.36 Å². The minimum atomic E-state index is -0.585. The summed E-state index contributed by atoms with van der Waals surface area (Å²) in [6.45, 7) is 1.30. The van der Waals surface area contributed by atoms with Crippen molar-refractivity contribution >= 4 is 47.2 Å². The highest BCUT2D eigenvalue weighted by Crippen LogP contribution is 2.24. The lowest BCUT2D eigenvalue weighted by Crippen LogP contribution is -2.29. The number of hydrogen-bond donors (Lipinski definition) is 3. The molecule has 0 fully saturated rings. The Balaban J connectivity index is 1.29. The first-order valence-electron chi connectivity index (χ1n) is 10.9. The predicted molar refractivity (Wildman–Crippen MR) is 142 cm³/mol. The van der Waals surface area contributed by atoms with E-state index in [0.29, 0.717) is 23.2 Å². The zero-order valence-electron chi connectivity index (χ0n) is 18.5. The van der Waals surface area contributed by atoms with Crippen LogP contribution in [0.2, 0.25) is 0 Å². The number of benzene rings is 3. The maximum atomic E-state index is 11.4. The minimum absolute atomic E-state index is 0.540. The summed E-state index contributed by atoms with van der Waals surface area (Å²) >= 11 is 9.76. The highest BCUT2D eigenvalue weighted by molar-refractivity contribution is 7.80. The second-order valence-corrected chi connectivity index (χ2v) is 7.84. The fourth-order valence-corrected chi connectivity index (χ4v) is 3.29. The van der Waals surface area contributed by atoms with Gasteiger partial charge >= 0.3 is 6.03 Å². The third-order valence-corrected chi connectivity index (χ3v) is 5.08. The number of nitrogens with one attached hydrogen (secondary N) is 3. The molecule has 0 radical (unpaired) electrons. The van der Waals surface area contributed by atoms with Crippen molar-refractivity contribution < 1.29 is 14.3 Å². The predicted octanol–water partition coefficient (Wildman–Crippen LogP) is 6.28. The number of thiocarbonyl (C=S) groups is 1. The first kappa shape index (κ1) is 25.1. The van der Waals surface area contributed by atoms with Crippen LogP contribution in [0.25, 0.3) is 0 Å². The summed E-state index contributed by atoms with van der Waals surface area (Å²) in [6.07, 6.45) is 2.79. The van der Waals surface area contributed by atoms with Gasteiger partial charge in [0.05, 0.1) is 12.3 Å². The molecule has 3 rings (SSSR count). The monoisotopic (exact) mass is 494 g/mol. The van der Waals surface area contributed by atoms with E-state index in [9.17, 15) is 4.79 Å². The Labute approximate surface area is 210 Å². The van der Waals surface area contributed by atoms with E-state index >= 15 is 0 Å². The van der Waals surface area contributed by atoms with Gasteiger partial charge in [0.15, 0.2) is 5.11 Å². The Bertz CT molecular complexity index is 1080. The average molecular weight is 495 g/mol. The molecule has 0 atom stereocenters. The molecule has 3 aromatic carbocycles.